The van der Waals surface area contributed by atoms with Gasteiger partial charge in [-0.2, -0.15) is 0 Å². The molecule has 0 aromatic carbocycles. The third-order valence-electron chi connectivity index (χ3n) is 2.47. The van der Waals surface area contributed by atoms with Crippen molar-refractivity contribution in [2.45, 2.75) is 26.3 Å². The molecule has 0 atom stereocenters. The quantitative estimate of drug-likeness (QED) is 0.772. The first-order valence-electron chi connectivity index (χ1n) is 5.44. The summed E-state index contributed by atoms with van der Waals surface area (Å²) in [5.41, 5.74) is 6.51. The molecule has 1 heterocycles. The predicted molar refractivity (Wildman–Crippen MR) is 67.1 cm³/mol. The first-order valence-corrected chi connectivity index (χ1v) is 5.44. The number of anilines is 1. The zero-order valence-electron chi connectivity index (χ0n) is 10.7. The second kappa shape index (κ2) is 5.14. The summed E-state index contributed by atoms with van der Waals surface area (Å²) < 4.78 is 4.66. The van der Waals surface area contributed by atoms with Crippen LogP contribution in [0.4, 0.5) is 5.82 Å². The summed E-state index contributed by atoms with van der Waals surface area (Å²) in [4.78, 5) is 15.7. The van der Waals surface area contributed by atoms with Crippen LogP contribution in [0.2, 0.25) is 0 Å². The zero-order chi connectivity index (χ0) is 13.1. The van der Waals surface area contributed by atoms with E-state index in [2.05, 4.69) is 15.0 Å². The standard InChI is InChI=1S/C12H19N3O2/c1-8-9(11(16)17-4)5-6-10(14-8)15-12(2,3)7-13/h5-6H,7,13H2,1-4H3,(H,14,15). The summed E-state index contributed by atoms with van der Waals surface area (Å²) >= 11 is 0. The molecule has 5 nitrogen and oxygen atoms in total. The highest BCUT2D eigenvalue weighted by atomic mass is 16.5. The van der Waals surface area contributed by atoms with Crippen LogP contribution in [0.25, 0.3) is 0 Å². The molecule has 0 fully saturated rings. The van der Waals surface area contributed by atoms with Crippen LogP contribution in [0.15, 0.2) is 12.1 Å². The number of nitrogens with one attached hydrogen (secondary N) is 1. The number of rotatable bonds is 4. The molecule has 0 bridgehead atoms. The van der Waals surface area contributed by atoms with E-state index >= 15 is 0 Å². The minimum absolute atomic E-state index is 0.230. The first kappa shape index (κ1) is 13.4. The van der Waals surface area contributed by atoms with Crippen molar-refractivity contribution in [1.82, 2.24) is 4.98 Å². The summed E-state index contributed by atoms with van der Waals surface area (Å²) in [6.45, 7) is 6.23. The molecule has 0 saturated heterocycles. The van der Waals surface area contributed by atoms with Crippen molar-refractivity contribution in [2.75, 3.05) is 19.0 Å². The number of aryl methyl sites for hydroxylation is 1. The molecule has 1 aromatic heterocycles. The zero-order valence-corrected chi connectivity index (χ0v) is 10.7. The molecule has 94 valence electrons. The van der Waals surface area contributed by atoms with Crippen LogP contribution in [0.3, 0.4) is 0 Å². The minimum atomic E-state index is -0.375. The molecule has 17 heavy (non-hydrogen) atoms. The average Bonchev–Trinajstić information content (AvgIpc) is 2.28. The van der Waals surface area contributed by atoms with Crippen molar-refractivity contribution in [3.63, 3.8) is 0 Å². The highest BCUT2D eigenvalue weighted by Gasteiger charge is 2.17. The second-order valence-electron chi connectivity index (χ2n) is 4.53. The van der Waals surface area contributed by atoms with E-state index in [9.17, 15) is 4.79 Å². The van der Waals surface area contributed by atoms with E-state index in [1.165, 1.54) is 7.11 Å². The molecule has 0 aliphatic carbocycles. The Hall–Kier alpha value is -1.62. The summed E-state index contributed by atoms with van der Waals surface area (Å²) in [7, 11) is 1.35. The van der Waals surface area contributed by atoms with Gasteiger partial charge in [0.1, 0.15) is 5.82 Å². The fraction of sp³-hybridized carbons (Fsp3) is 0.500. The van der Waals surface area contributed by atoms with Crippen LogP contribution in [-0.4, -0.2) is 30.1 Å². The van der Waals surface area contributed by atoms with E-state index in [0.717, 1.165) is 0 Å². The predicted octanol–water partition coefficient (Wildman–Crippen LogP) is 1.33. The molecule has 0 saturated carbocycles. The maximum Gasteiger partial charge on any atom is 0.339 e. The fourth-order valence-electron chi connectivity index (χ4n) is 1.35. The van der Waals surface area contributed by atoms with Crippen LogP contribution in [0, 0.1) is 6.92 Å². The topological polar surface area (TPSA) is 77.2 Å². The van der Waals surface area contributed by atoms with E-state index in [1.807, 2.05) is 13.8 Å². The number of nitrogens with two attached hydrogens (primary N) is 1. The Morgan fingerprint density at radius 1 is 1.53 bits per heavy atom. The molecule has 0 aliphatic rings. The van der Waals surface area contributed by atoms with Crippen LogP contribution < -0.4 is 11.1 Å². The lowest BCUT2D eigenvalue weighted by Crippen LogP contribution is -2.39. The Bertz CT molecular complexity index is 416. The van der Waals surface area contributed by atoms with Gasteiger partial charge in [0, 0.05) is 12.1 Å². The van der Waals surface area contributed by atoms with Crippen LogP contribution >= 0.6 is 0 Å². The SMILES string of the molecule is COC(=O)c1ccc(NC(C)(C)CN)nc1C. The van der Waals surface area contributed by atoms with Gasteiger partial charge in [-0.15, -0.1) is 0 Å². The maximum absolute atomic E-state index is 11.4. The van der Waals surface area contributed by atoms with Gasteiger partial charge in [0.05, 0.1) is 18.4 Å². The lowest BCUT2D eigenvalue weighted by molar-refractivity contribution is 0.0599. The summed E-state index contributed by atoms with van der Waals surface area (Å²) in [6.07, 6.45) is 0. The van der Waals surface area contributed by atoms with Gasteiger partial charge in [-0.3, -0.25) is 0 Å². The normalized spacial score (nSPS) is 11.1. The minimum Gasteiger partial charge on any atom is -0.465 e. The van der Waals surface area contributed by atoms with Crippen LogP contribution in [0.1, 0.15) is 29.9 Å². The first-order chi connectivity index (χ1) is 7.89. The van der Waals surface area contributed by atoms with Crippen molar-refractivity contribution in [1.29, 1.82) is 0 Å². The lowest BCUT2D eigenvalue weighted by Gasteiger charge is -2.25. The van der Waals surface area contributed by atoms with Crippen molar-refractivity contribution in [3.05, 3.63) is 23.4 Å². The smallest absolute Gasteiger partial charge is 0.339 e. The molecule has 1 rings (SSSR count). The Balaban J connectivity index is 2.93. The molecule has 1 aromatic rings. The van der Waals surface area contributed by atoms with Crippen molar-refractivity contribution in [2.24, 2.45) is 5.73 Å². The second-order valence-corrected chi connectivity index (χ2v) is 4.53. The molecule has 0 radical (unpaired) electrons. The molecular formula is C12H19N3O2. The monoisotopic (exact) mass is 237 g/mol. The third-order valence-corrected chi connectivity index (χ3v) is 2.47. The summed E-state index contributed by atoms with van der Waals surface area (Å²) in [5.74, 6) is 0.324. The third kappa shape index (κ3) is 3.42. The lowest BCUT2D eigenvalue weighted by atomic mass is 10.1. The largest absolute Gasteiger partial charge is 0.465 e. The molecule has 0 aliphatic heterocycles. The number of carbonyl (C=O) groups is 1. The Kier molecular flexibility index (Phi) is 4.07. The average molecular weight is 237 g/mol. The van der Waals surface area contributed by atoms with Crippen LogP contribution in [-0.2, 0) is 4.74 Å². The van der Waals surface area contributed by atoms with Gasteiger partial charge < -0.3 is 15.8 Å². The Labute approximate surface area is 101 Å². The van der Waals surface area contributed by atoms with E-state index in [-0.39, 0.29) is 11.5 Å². The number of pyridine rings is 1. The maximum atomic E-state index is 11.4. The van der Waals surface area contributed by atoms with Crippen LogP contribution in [0.5, 0.6) is 0 Å². The Morgan fingerprint density at radius 2 is 2.18 bits per heavy atom. The number of hydrogen-bond donors (Lipinski definition) is 2. The van der Waals surface area contributed by atoms with E-state index in [1.54, 1.807) is 19.1 Å². The molecule has 5 heteroatoms. The number of ether oxygens (including phenoxy) is 1. The van der Waals surface area contributed by atoms with Crippen molar-refractivity contribution >= 4 is 11.8 Å². The molecule has 0 unspecified atom stereocenters. The summed E-state index contributed by atoms with van der Waals surface area (Å²) in [6, 6.07) is 3.44. The number of nitrogens with zero attached hydrogens (tertiary/aromatic N) is 1. The molecule has 3 N–H and O–H groups in total. The van der Waals surface area contributed by atoms with Gasteiger partial charge >= 0.3 is 5.97 Å². The van der Waals surface area contributed by atoms with E-state index in [4.69, 9.17) is 5.73 Å². The number of esters is 1. The summed E-state index contributed by atoms with van der Waals surface area (Å²) in [5, 5.41) is 3.20. The van der Waals surface area contributed by atoms with E-state index < -0.39 is 0 Å². The van der Waals surface area contributed by atoms with Gasteiger partial charge in [0.15, 0.2) is 0 Å². The molecular weight excluding hydrogens is 218 g/mol. The highest BCUT2D eigenvalue weighted by Crippen LogP contribution is 2.15. The van der Waals surface area contributed by atoms with Crippen molar-refractivity contribution in [3.8, 4) is 0 Å². The number of methoxy groups -OCH3 is 1. The fourth-order valence-corrected chi connectivity index (χ4v) is 1.35. The molecule has 0 spiro atoms. The number of aromatic nitrogens is 1. The highest BCUT2D eigenvalue weighted by molar-refractivity contribution is 5.90. The van der Waals surface area contributed by atoms with Gasteiger partial charge in [-0.05, 0) is 32.9 Å². The van der Waals surface area contributed by atoms with Gasteiger partial charge in [0.2, 0.25) is 0 Å². The van der Waals surface area contributed by atoms with Gasteiger partial charge in [0.25, 0.3) is 0 Å². The number of carbonyl (C=O) groups excluding carboxylic acids is 1. The molecule has 0 amide bonds. The van der Waals surface area contributed by atoms with Crippen molar-refractivity contribution < 1.29 is 9.53 Å². The number of hydrogen-bond acceptors (Lipinski definition) is 5. The van der Waals surface area contributed by atoms with Gasteiger partial charge in [-0.1, -0.05) is 0 Å². The van der Waals surface area contributed by atoms with E-state index in [0.29, 0.717) is 23.6 Å². The van der Waals surface area contributed by atoms with Gasteiger partial charge in [-0.25, -0.2) is 9.78 Å². The Morgan fingerprint density at radius 3 is 2.65 bits per heavy atom.